The maximum absolute atomic E-state index is 11.4. The van der Waals surface area contributed by atoms with E-state index in [1.807, 2.05) is 11.8 Å². The molecule has 1 aliphatic rings. The molecule has 1 amide bonds. The Labute approximate surface area is 102 Å². The molecule has 0 spiro atoms. The number of carboxylic acids is 1. The van der Waals surface area contributed by atoms with Crippen molar-refractivity contribution in [1.29, 1.82) is 0 Å². The average molecular weight is 242 g/mol. The third kappa shape index (κ3) is 4.73. The smallest absolute Gasteiger partial charge is 0.320 e. The second-order valence-corrected chi connectivity index (χ2v) is 4.44. The zero-order valence-electron chi connectivity index (χ0n) is 10.4. The number of hydrogen-bond acceptors (Lipinski definition) is 3. The summed E-state index contributed by atoms with van der Waals surface area (Å²) in [5.74, 6) is -0.760. The molecule has 1 atom stereocenters. The zero-order chi connectivity index (χ0) is 12.7. The molecule has 1 heterocycles. The standard InChI is InChI=1S/C12H22N2O3/c1-2-13-11(15)7-9-14-8-5-3-4-6-10(14)12(16)17/h10H,2-9H2,1H3,(H,13,15)(H,16,17). The van der Waals surface area contributed by atoms with Crippen LogP contribution in [0.25, 0.3) is 0 Å². The van der Waals surface area contributed by atoms with E-state index in [0.717, 1.165) is 25.8 Å². The first-order chi connectivity index (χ1) is 8.15. The van der Waals surface area contributed by atoms with Gasteiger partial charge in [0.25, 0.3) is 0 Å². The van der Waals surface area contributed by atoms with E-state index < -0.39 is 12.0 Å². The highest BCUT2D eigenvalue weighted by atomic mass is 16.4. The summed E-state index contributed by atoms with van der Waals surface area (Å²) in [6.45, 7) is 3.84. The van der Waals surface area contributed by atoms with E-state index >= 15 is 0 Å². The van der Waals surface area contributed by atoms with Gasteiger partial charge in [0.05, 0.1) is 0 Å². The first-order valence-electron chi connectivity index (χ1n) is 6.38. The number of aliphatic carboxylic acids is 1. The summed E-state index contributed by atoms with van der Waals surface area (Å²) in [4.78, 5) is 24.4. The van der Waals surface area contributed by atoms with Crippen molar-refractivity contribution in [2.24, 2.45) is 0 Å². The van der Waals surface area contributed by atoms with Gasteiger partial charge >= 0.3 is 5.97 Å². The van der Waals surface area contributed by atoms with Crippen molar-refractivity contribution < 1.29 is 14.7 Å². The monoisotopic (exact) mass is 242 g/mol. The molecule has 2 N–H and O–H groups in total. The molecule has 1 rings (SSSR count). The van der Waals surface area contributed by atoms with Crippen LogP contribution in [0.1, 0.15) is 39.0 Å². The van der Waals surface area contributed by atoms with E-state index in [9.17, 15) is 9.59 Å². The van der Waals surface area contributed by atoms with E-state index in [2.05, 4.69) is 5.32 Å². The lowest BCUT2D eigenvalue weighted by atomic mass is 10.1. The minimum absolute atomic E-state index is 0.000820. The molecular formula is C12H22N2O3. The highest BCUT2D eigenvalue weighted by Gasteiger charge is 2.26. The summed E-state index contributed by atoms with van der Waals surface area (Å²) in [6.07, 6.45) is 4.16. The van der Waals surface area contributed by atoms with E-state index in [-0.39, 0.29) is 5.91 Å². The van der Waals surface area contributed by atoms with Gasteiger partial charge in [-0.25, -0.2) is 0 Å². The van der Waals surface area contributed by atoms with Crippen molar-refractivity contribution in [2.75, 3.05) is 19.6 Å². The van der Waals surface area contributed by atoms with Crippen LogP contribution in [0.3, 0.4) is 0 Å². The molecule has 1 aliphatic heterocycles. The van der Waals surface area contributed by atoms with E-state index in [0.29, 0.717) is 25.9 Å². The lowest BCUT2D eigenvalue weighted by Crippen LogP contribution is -2.42. The maximum Gasteiger partial charge on any atom is 0.320 e. The second kappa shape index (κ2) is 7.27. The summed E-state index contributed by atoms with van der Waals surface area (Å²) in [6, 6.07) is -0.410. The molecule has 0 saturated carbocycles. The Morgan fingerprint density at radius 1 is 1.35 bits per heavy atom. The number of nitrogens with one attached hydrogen (secondary N) is 1. The lowest BCUT2D eigenvalue weighted by molar-refractivity contribution is -0.143. The Morgan fingerprint density at radius 2 is 2.12 bits per heavy atom. The molecule has 1 saturated heterocycles. The number of likely N-dealkylation sites (tertiary alicyclic amines) is 1. The van der Waals surface area contributed by atoms with Crippen LogP contribution in [0.4, 0.5) is 0 Å². The fraction of sp³-hybridized carbons (Fsp3) is 0.833. The number of carbonyl (C=O) groups is 2. The summed E-state index contributed by atoms with van der Waals surface area (Å²) >= 11 is 0. The molecule has 0 aromatic heterocycles. The number of amides is 1. The number of carbonyl (C=O) groups excluding carboxylic acids is 1. The Balaban J connectivity index is 2.46. The van der Waals surface area contributed by atoms with Gasteiger partial charge in [0, 0.05) is 19.5 Å². The zero-order valence-corrected chi connectivity index (χ0v) is 10.4. The molecule has 1 unspecified atom stereocenters. The summed E-state index contributed by atoms with van der Waals surface area (Å²) in [5.41, 5.74) is 0. The van der Waals surface area contributed by atoms with Gasteiger partial charge in [-0.1, -0.05) is 12.8 Å². The van der Waals surface area contributed by atoms with Gasteiger partial charge in [-0.05, 0) is 26.3 Å². The van der Waals surface area contributed by atoms with Gasteiger partial charge in [0.2, 0.25) is 5.91 Å². The molecule has 98 valence electrons. The van der Waals surface area contributed by atoms with Crippen LogP contribution >= 0.6 is 0 Å². The van der Waals surface area contributed by atoms with Crippen molar-refractivity contribution in [3.8, 4) is 0 Å². The molecule has 0 radical (unpaired) electrons. The fourth-order valence-corrected chi connectivity index (χ4v) is 2.25. The Hall–Kier alpha value is -1.10. The Morgan fingerprint density at radius 3 is 2.76 bits per heavy atom. The molecule has 17 heavy (non-hydrogen) atoms. The van der Waals surface area contributed by atoms with Gasteiger partial charge < -0.3 is 10.4 Å². The quantitative estimate of drug-likeness (QED) is 0.749. The third-order valence-electron chi connectivity index (χ3n) is 3.15. The summed E-state index contributed by atoms with van der Waals surface area (Å²) < 4.78 is 0. The number of carboxylic acid groups (broad SMARTS) is 1. The third-order valence-corrected chi connectivity index (χ3v) is 3.15. The van der Waals surface area contributed by atoms with Crippen molar-refractivity contribution in [3.05, 3.63) is 0 Å². The summed E-state index contributed by atoms with van der Waals surface area (Å²) in [7, 11) is 0. The molecule has 0 bridgehead atoms. The van der Waals surface area contributed by atoms with Crippen LogP contribution in [-0.4, -0.2) is 47.6 Å². The number of hydrogen-bond donors (Lipinski definition) is 2. The molecule has 0 aromatic carbocycles. The Bertz CT molecular complexity index is 268. The van der Waals surface area contributed by atoms with E-state index in [1.165, 1.54) is 0 Å². The first-order valence-corrected chi connectivity index (χ1v) is 6.38. The minimum Gasteiger partial charge on any atom is -0.480 e. The molecule has 1 fully saturated rings. The number of rotatable bonds is 5. The van der Waals surface area contributed by atoms with Gasteiger partial charge in [-0.15, -0.1) is 0 Å². The molecule has 0 aromatic rings. The Kier molecular flexibility index (Phi) is 5.97. The van der Waals surface area contributed by atoms with Crippen molar-refractivity contribution in [2.45, 2.75) is 45.1 Å². The van der Waals surface area contributed by atoms with E-state index in [4.69, 9.17) is 5.11 Å². The predicted molar refractivity (Wildman–Crippen MR) is 64.8 cm³/mol. The van der Waals surface area contributed by atoms with Crippen LogP contribution in [0.15, 0.2) is 0 Å². The highest BCUT2D eigenvalue weighted by molar-refractivity contribution is 5.76. The van der Waals surface area contributed by atoms with E-state index in [1.54, 1.807) is 0 Å². The molecule has 5 heteroatoms. The van der Waals surface area contributed by atoms with Crippen LogP contribution in [-0.2, 0) is 9.59 Å². The summed E-state index contributed by atoms with van der Waals surface area (Å²) in [5, 5.41) is 11.9. The topological polar surface area (TPSA) is 69.6 Å². The normalized spacial score (nSPS) is 21.8. The largest absolute Gasteiger partial charge is 0.480 e. The van der Waals surface area contributed by atoms with Gasteiger partial charge in [-0.3, -0.25) is 14.5 Å². The SMILES string of the molecule is CCNC(=O)CCN1CCCCCC1C(=O)O. The van der Waals surface area contributed by atoms with Crippen LogP contribution in [0.2, 0.25) is 0 Å². The lowest BCUT2D eigenvalue weighted by Gasteiger charge is -2.26. The van der Waals surface area contributed by atoms with Crippen LogP contribution < -0.4 is 5.32 Å². The highest BCUT2D eigenvalue weighted by Crippen LogP contribution is 2.17. The minimum atomic E-state index is -0.761. The van der Waals surface area contributed by atoms with Gasteiger partial charge in [0.15, 0.2) is 0 Å². The molecule has 5 nitrogen and oxygen atoms in total. The van der Waals surface area contributed by atoms with Crippen molar-refractivity contribution in [1.82, 2.24) is 10.2 Å². The first kappa shape index (κ1) is 14.0. The maximum atomic E-state index is 11.4. The molecule has 0 aliphatic carbocycles. The molecular weight excluding hydrogens is 220 g/mol. The predicted octanol–water partition coefficient (Wildman–Crippen LogP) is 0.842. The fourth-order valence-electron chi connectivity index (χ4n) is 2.25. The van der Waals surface area contributed by atoms with Crippen LogP contribution in [0.5, 0.6) is 0 Å². The van der Waals surface area contributed by atoms with Crippen molar-refractivity contribution in [3.63, 3.8) is 0 Å². The second-order valence-electron chi connectivity index (χ2n) is 4.44. The van der Waals surface area contributed by atoms with Gasteiger partial charge in [-0.2, -0.15) is 0 Å². The van der Waals surface area contributed by atoms with Crippen LogP contribution in [0, 0.1) is 0 Å². The number of nitrogens with zero attached hydrogens (tertiary/aromatic N) is 1. The average Bonchev–Trinajstić information content (AvgIpc) is 2.51. The van der Waals surface area contributed by atoms with Gasteiger partial charge in [0.1, 0.15) is 6.04 Å². The van der Waals surface area contributed by atoms with Crippen molar-refractivity contribution >= 4 is 11.9 Å².